The molecule has 0 spiro atoms. The Morgan fingerprint density at radius 2 is 1.96 bits per heavy atom. The highest BCUT2D eigenvalue weighted by atomic mass is 32.2. The number of rotatable bonds is 5. The number of anilines is 1. The molecular weight excluding hydrogens is 380 g/mol. The Morgan fingerprint density at radius 3 is 2.64 bits per heavy atom. The maximum Gasteiger partial charge on any atom is 0.229 e. The van der Waals surface area contributed by atoms with Gasteiger partial charge < -0.3 is 15.0 Å². The van der Waals surface area contributed by atoms with Crippen LogP contribution in [0.4, 0.5) is 5.69 Å². The highest BCUT2D eigenvalue weighted by Gasteiger charge is 2.28. The third-order valence-corrected chi connectivity index (χ3v) is 6.48. The number of sulfone groups is 1. The molecule has 1 saturated carbocycles. The standard InChI is InChI=1S/C20H28N2O5S/c1-14(21-20(24)15-6-4-3-5-7-15)12-19(23)22-10-11-27-18-9-8-16(13-17(18)22)28(2,25)26/h8-9,13-15H,3-7,10-12H2,1-2H3,(H,21,24). The van der Waals surface area contributed by atoms with E-state index in [0.29, 0.717) is 24.6 Å². The molecule has 1 aliphatic heterocycles. The van der Waals surface area contributed by atoms with Crippen molar-refractivity contribution in [2.24, 2.45) is 5.92 Å². The van der Waals surface area contributed by atoms with Gasteiger partial charge in [0.05, 0.1) is 17.1 Å². The van der Waals surface area contributed by atoms with Crippen molar-refractivity contribution in [3.05, 3.63) is 18.2 Å². The topological polar surface area (TPSA) is 92.8 Å². The van der Waals surface area contributed by atoms with E-state index in [1.54, 1.807) is 11.0 Å². The second-order valence-corrected chi connectivity index (χ2v) is 9.76. The molecule has 154 valence electrons. The molecular formula is C20H28N2O5S. The van der Waals surface area contributed by atoms with E-state index in [0.717, 1.165) is 31.9 Å². The summed E-state index contributed by atoms with van der Waals surface area (Å²) in [5.41, 5.74) is 0.463. The first kappa shape index (κ1) is 20.6. The fraction of sp³-hybridized carbons (Fsp3) is 0.600. The number of nitrogens with zero attached hydrogens (tertiary/aromatic N) is 1. The Balaban J connectivity index is 1.67. The maximum absolute atomic E-state index is 12.9. The Labute approximate surface area is 166 Å². The van der Waals surface area contributed by atoms with Crippen LogP contribution in [0.1, 0.15) is 45.4 Å². The van der Waals surface area contributed by atoms with E-state index in [4.69, 9.17) is 4.74 Å². The number of carbonyl (C=O) groups is 2. The summed E-state index contributed by atoms with van der Waals surface area (Å²) in [6.45, 7) is 2.52. The van der Waals surface area contributed by atoms with Gasteiger partial charge in [0.25, 0.3) is 0 Å². The number of carbonyl (C=O) groups excluding carboxylic acids is 2. The minimum absolute atomic E-state index is 0.0294. The molecule has 2 aliphatic rings. The predicted molar refractivity (Wildman–Crippen MR) is 106 cm³/mol. The first-order valence-corrected chi connectivity index (χ1v) is 11.7. The summed E-state index contributed by atoms with van der Waals surface area (Å²) in [5, 5.41) is 2.97. The van der Waals surface area contributed by atoms with Crippen molar-refractivity contribution in [3.63, 3.8) is 0 Å². The number of amides is 2. The van der Waals surface area contributed by atoms with E-state index < -0.39 is 9.84 Å². The molecule has 1 aromatic rings. The fourth-order valence-corrected chi connectivity index (χ4v) is 4.48. The maximum atomic E-state index is 12.9. The summed E-state index contributed by atoms with van der Waals surface area (Å²) >= 11 is 0. The van der Waals surface area contributed by atoms with E-state index in [-0.39, 0.29) is 35.1 Å². The van der Waals surface area contributed by atoms with Crippen LogP contribution >= 0.6 is 0 Å². The van der Waals surface area contributed by atoms with Crippen LogP contribution in [0.25, 0.3) is 0 Å². The number of hydrogen-bond donors (Lipinski definition) is 1. The molecule has 3 rings (SSSR count). The fourth-order valence-electron chi connectivity index (χ4n) is 3.84. The molecule has 1 atom stereocenters. The quantitative estimate of drug-likeness (QED) is 0.807. The van der Waals surface area contributed by atoms with Gasteiger partial charge in [-0.05, 0) is 38.0 Å². The van der Waals surface area contributed by atoms with Crippen LogP contribution in [0.2, 0.25) is 0 Å². The molecule has 28 heavy (non-hydrogen) atoms. The summed E-state index contributed by atoms with van der Waals surface area (Å²) in [5.74, 6) is 0.409. The largest absolute Gasteiger partial charge is 0.490 e. The average Bonchev–Trinajstić information content (AvgIpc) is 2.66. The number of nitrogens with one attached hydrogen (secondary N) is 1. The van der Waals surface area contributed by atoms with Crippen molar-refractivity contribution in [1.82, 2.24) is 5.32 Å². The second-order valence-electron chi connectivity index (χ2n) is 7.74. The van der Waals surface area contributed by atoms with Crippen molar-refractivity contribution >= 4 is 27.3 Å². The molecule has 0 aromatic heterocycles. The van der Waals surface area contributed by atoms with Crippen molar-refractivity contribution < 1.29 is 22.7 Å². The van der Waals surface area contributed by atoms with E-state index in [1.165, 1.54) is 18.6 Å². The number of ether oxygens (including phenoxy) is 1. The second kappa shape index (κ2) is 8.51. The minimum Gasteiger partial charge on any atom is -0.490 e. The third-order valence-electron chi connectivity index (χ3n) is 5.37. The van der Waals surface area contributed by atoms with E-state index in [1.807, 2.05) is 6.92 Å². The smallest absolute Gasteiger partial charge is 0.229 e. The lowest BCUT2D eigenvalue weighted by Crippen LogP contribution is -2.44. The Kier molecular flexibility index (Phi) is 6.27. The monoisotopic (exact) mass is 408 g/mol. The lowest BCUT2D eigenvalue weighted by molar-refractivity contribution is -0.127. The molecule has 7 nitrogen and oxygen atoms in total. The van der Waals surface area contributed by atoms with Gasteiger partial charge in [-0.15, -0.1) is 0 Å². The number of hydrogen-bond acceptors (Lipinski definition) is 5. The van der Waals surface area contributed by atoms with Gasteiger partial charge in [-0.3, -0.25) is 9.59 Å². The first-order valence-electron chi connectivity index (χ1n) is 9.83. The Bertz CT molecular complexity index is 846. The van der Waals surface area contributed by atoms with Gasteiger partial charge in [-0.2, -0.15) is 0 Å². The van der Waals surface area contributed by atoms with Crippen molar-refractivity contribution in [3.8, 4) is 5.75 Å². The Morgan fingerprint density at radius 1 is 1.25 bits per heavy atom. The van der Waals surface area contributed by atoms with Crippen LogP contribution in [0.3, 0.4) is 0 Å². The molecule has 1 N–H and O–H groups in total. The average molecular weight is 409 g/mol. The van der Waals surface area contributed by atoms with Crippen LogP contribution in [0.5, 0.6) is 5.75 Å². The summed E-state index contributed by atoms with van der Waals surface area (Å²) < 4.78 is 29.3. The van der Waals surface area contributed by atoms with Crippen LogP contribution < -0.4 is 15.0 Å². The molecule has 1 unspecified atom stereocenters. The zero-order chi connectivity index (χ0) is 20.3. The minimum atomic E-state index is -3.39. The van der Waals surface area contributed by atoms with Crippen LogP contribution in [-0.2, 0) is 19.4 Å². The molecule has 0 radical (unpaired) electrons. The van der Waals surface area contributed by atoms with E-state index in [2.05, 4.69) is 5.32 Å². The first-order chi connectivity index (χ1) is 13.3. The number of fused-ring (bicyclic) bond motifs is 1. The zero-order valence-electron chi connectivity index (χ0n) is 16.4. The summed E-state index contributed by atoms with van der Waals surface area (Å²) in [6.07, 6.45) is 6.46. The molecule has 1 heterocycles. The lowest BCUT2D eigenvalue weighted by atomic mass is 9.88. The molecule has 1 aromatic carbocycles. The van der Waals surface area contributed by atoms with E-state index in [9.17, 15) is 18.0 Å². The van der Waals surface area contributed by atoms with Gasteiger partial charge in [0.1, 0.15) is 12.4 Å². The van der Waals surface area contributed by atoms with Gasteiger partial charge in [-0.25, -0.2) is 8.42 Å². The zero-order valence-corrected chi connectivity index (χ0v) is 17.3. The summed E-state index contributed by atoms with van der Waals surface area (Å²) in [4.78, 5) is 27.0. The Hall–Kier alpha value is -2.09. The van der Waals surface area contributed by atoms with Crippen LogP contribution in [0.15, 0.2) is 23.1 Å². The number of benzene rings is 1. The van der Waals surface area contributed by atoms with Gasteiger partial charge in [-0.1, -0.05) is 19.3 Å². The van der Waals surface area contributed by atoms with Gasteiger partial charge in [0.15, 0.2) is 9.84 Å². The normalized spacial score (nSPS) is 18.7. The molecule has 1 fully saturated rings. The molecule has 0 bridgehead atoms. The van der Waals surface area contributed by atoms with Crippen LogP contribution in [-0.4, -0.2) is 45.7 Å². The summed E-state index contributed by atoms with van der Waals surface area (Å²) in [7, 11) is -3.39. The van der Waals surface area contributed by atoms with Crippen LogP contribution in [0, 0.1) is 5.92 Å². The molecule has 8 heteroatoms. The summed E-state index contributed by atoms with van der Waals surface area (Å²) in [6, 6.07) is 4.26. The highest BCUT2D eigenvalue weighted by molar-refractivity contribution is 7.90. The molecule has 2 amide bonds. The van der Waals surface area contributed by atoms with Gasteiger partial charge in [0.2, 0.25) is 11.8 Å². The molecule has 1 aliphatic carbocycles. The van der Waals surface area contributed by atoms with E-state index >= 15 is 0 Å². The van der Waals surface area contributed by atoms with Crippen molar-refractivity contribution in [2.75, 3.05) is 24.3 Å². The van der Waals surface area contributed by atoms with Crippen molar-refractivity contribution in [2.45, 2.75) is 56.4 Å². The molecule has 0 saturated heterocycles. The SMILES string of the molecule is CC(CC(=O)N1CCOc2ccc(S(C)(=O)=O)cc21)NC(=O)C1CCCCC1. The predicted octanol–water partition coefficient (Wildman–Crippen LogP) is 2.29. The lowest BCUT2D eigenvalue weighted by Gasteiger charge is -2.31. The third kappa shape index (κ3) is 4.84. The van der Waals surface area contributed by atoms with Gasteiger partial charge in [0, 0.05) is 24.6 Å². The highest BCUT2D eigenvalue weighted by Crippen LogP contribution is 2.34. The van der Waals surface area contributed by atoms with Crippen molar-refractivity contribution in [1.29, 1.82) is 0 Å². The van der Waals surface area contributed by atoms with Gasteiger partial charge >= 0.3 is 0 Å².